The third-order valence-corrected chi connectivity index (χ3v) is 5.67. The molecular weight excluding hydrogens is 356 g/mol. The maximum absolute atomic E-state index is 12.7. The van der Waals surface area contributed by atoms with Crippen molar-refractivity contribution in [2.24, 2.45) is 5.92 Å². The standard InChI is InChI=1S/C20H26N6O2/c1-14-11-15(2)26(23-14)19-12-18(21-13-22-19)24-7-9-25(10-8-24)20(28)16-3-5-17(27)6-4-16/h11-13,16H,3-10H2,1-2H3. The van der Waals surface area contributed by atoms with Crippen LogP contribution in [0.1, 0.15) is 37.1 Å². The van der Waals surface area contributed by atoms with Crippen LogP contribution in [0.2, 0.25) is 0 Å². The Balaban J connectivity index is 1.40. The fraction of sp³-hybridized carbons (Fsp3) is 0.550. The molecule has 2 fully saturated rings. The lowest BCUT2D eigenvalue weighted by atomic mass is 9.87. The molecule has 1 amide bonds. The smallest absolute Gasteiger partial charge is 0.225 e. The predicted molar refractivity (Wildman–Crippen MR) is 104 cm³/mol. The average Bonchev–Trinajstić information content (AvgIpc) is 3.06. The Morgan fingerprint density at radius 2 is 1.68 bits per heavy atom. The summed E-state index contributed by atoms with van der Waals surface area (Å²) < 4.78 is 1.82. The van der Waals surface area contributed by atoms with E-state index in [1.54, 1.807) is 6.33 Å². The Hall–Kier alpha value is -2.77. The number of rotatable bonds is 3. The van der Waals surface area contributed by atoms with Crippen LogP contribution < -0.4 is 4.90 Å². The number of hydrogen-bond donors (Lipinski definition) is 0. The number of aryl methyl sites for hydroxylation is 2. The van der Waals surface area contributed by atoms with Gasteiger partial charge in [0, 0.05) is 56.7 Å². The average molecular weight is 382 g/mol. The quantitative estimate of drug-likeness (QED) is 0.803. The first-order chi connectivity index (χ1) is 13.5. The Bertz CT molecular complexity index is 875. The molecule has 1 aliphatic carbocycles. The maximum atomic E-state index is 12.7. The minimum atomic E-state index is 0.0148. The monoisotopic (exact) mass is 382 g/mol. The van der Waals surface area contributed by atoms with Crippen LogP contribution in [0.15, 0.2) is 18.5 Å². The zero-order chi connectivity index (χ0) is 19.7. The van der Waals surface area contributed by atoms with Crippen LogP contribution >= 0.6 is 0 Å². The van der Waals surface area contributed by atoms with Gasteiger partial charge in [-0.05, 0) is 32.8 Å². The van der Waals surface area contributed by atoms with Crippen molar-refractivity contribution in [3.05, 3.63) is 29.8 Å². The number of carbonyl (C=O) groups excluding carboxylic acids is 2. The summed E-state index contributed by atoms with van der Waals surface area (Å²) in [5.74, 6) is 2.11. The molecule has 0 radical (unpaired) electrons. The lowest BCUT2D eigenvalue weighted by Gasteiger charge is -2.37. The molecule has 28 heavy (non-hydrogen) atoms. The molecule has 3 heterocycles. The molecule has 4 rings (SSSR count). The van der Waals surface area contributed by atoms with Gasteiger partial charge in [-0.15, -0.1) is 0 Å². The first-order valence-electron chi connectivity index (χ1n) is 9.92. The highest BCUT2D eigenvalue weighted by Crippen LogP contribution is 2.25. The van der Waals surface area contributed by atoms with E-state index in [0.717, 1.165) is 36.1 Å². The molecule has 8 nitrogen and oxygen atoms in total. The minimum Gasteiger partial charge on any atom is -0.353 e. The number of hydrogen-bond acceptors (Lipinski definition) is 6. The SMILES string of the molecule is Cc1cc(C)n(-c2cc(N3CCN(C(=O)C4CCC(=O)CC4)CC3)ncn2)n1. The minimum absolute atomic E-state index is 0.0148. The number of ketones is 1. The summed E-state index contributed by atoms with van der Waals surface area (Å²) in [5.41, 5.74) is 1.98. The summed E-state index contributed by atoms with van der Waals surface area (Å²) in [6.07, 6.45) is 4.07. The largest absolute Gasteiger partial charge is 0.353 e. The van der Waals surface area contributed by atoms with Crippen molar-refractivity contribution >= 4 is 17.5 Å². The van der Waals surface area contributed by atoms with Gasteiger partial charge >= 0.3 is 0 Å². The van der Waals surface area contributed by atoms with Crippen molar-refractivity contribution in [3.63, 3.8) is 0 Å². The van der Waals surface area contributed by atoms with Crippen molar-refractivity contribution in [1.29, 1.82) is 0 Å². The van der Waals surface area contributed by atoms with E-state index in [2.05, 4.69) is 20.0 Å². The fourth-order valence-electron chi connectivity index (χ4n) is 4.09. The van der Waals surface area contributed by atoms with E-state index in [0.29, 0.717) is 38.8 Å². The van der Waals surface area contributed by atoms with Crippen LogP contribution in [0, 0.1) is 19.8 Å². The van der Waals surface area contributed by atoms with Gasteiger partial charge in [0.25, 0.3) is 0 Å². The van der Waals surface area contributed by atoms with Crippen LogP contribution in [0.25, 0.3) is 5.82 Å². The van der Waals surface area contributed by atoms with E-state index < -0.39 is 0 Å². The van der Waals surface area contributed by atoms with Gasteiger partial charge in [-0.25, -0.2) is 14.6 Å². The molecule has 0 N–H and O–H groups in total. The van der Waals surface area contributed by atoms with Gasteiger partial charge in [0.05, 0.1) is 5.69 Å². The summed E-state index contributed by atoms with van der Waals surface area (Å²) in [7, 11) is 0. The molecule has 0 spiro atoms. The highest BCUT2D eigenvalue weighted by Gasteiger charge is 2.30. The Morgan fingerprint density at radius 3 is 2.32 bits per heavy atom. The Labute approximate surface area is 164 Å². The molecule has 1 saturated heterocycles. The molecule has 8 heteroatoms. The molecule has 2 aliphatic rings. The lowest BCUT2D eigenvalue weighted by Crippen LogP contribution is -2.51. The number of piperazine rings is 1. The number of aromatic nitrogens is 4. The molecule has 1 aliphatic heterocycles. The zero-order valence-electron chi connectivity index (χ0n) is 16.5. The van der Waals surface area contributed by atoms with Crippen LogP contribution in [0.4, 0.5) is 5.82 Å². The lowest BCUT2D eigenvalue weighted by molar-refractivity contribution is -0.137. The van der Waals surface area contributed by atoms with Gasteiger partial charge < -0.3 is 9.80 Å². The number of Topliss-reactive ketones (excluding diaryl/α,β-unsaturated/α-hetero) is 1. The molecule has 148 valence electrons. The first kappa shape index (κ1) is 18.6. The van der Waals surface area contributed by atoms with E-state index in [9.17, 15) is 9.59 Å². The Morgan fingerprint density at radius 1 is 1.00 bits per heavy atom. The van der Waals surface area contributed by atoms with Crippen LogP contribution in [-0.4, -0.2) is 62.5 Å². The van der Waals surface area contributed by atoms with Gasteiger partial charge in [0.1, 0.15) is 17.9 Å². The molecule has 0 bridgehead atoms. The van der Waals surface area contributed by atoms with Crippen molar-refractivity contribution in [2.45, 2.75) is 39.5 Å². The van der Waals surface area contributed by atoms with E-state index in [1.807, 2.05) is 35.6 Å². The second-order valence-electron chi connectivity index (χ2n) is 7.70. The van der Waals surface area contributed by atoms with Crippen molar-refractivity contribution in [3.8, 4) is 5.82 Å². The highest BCUT2D eigenvalue weighted by atomic mass is 16.2. The van der Waals surface area contributed by atoms with Crippen LogP contribution in [0.5, 0.6) is 0 Å². The number of amides is 1. The summed E-state index contributed by atoms with van der Waals surface area (Å²) in [6, 6.07) is 3.97. The topological polar surface area (TPSA) is 84.2 Å². The zero-order valence-corrected chi connectivity index (χ0v) is 16.5. The molecular formula is C20H26N6O2. The summed E-state index contributed by atoms with van der Waals surface area (Å²) in [6.45, 7) is 6.82. The summed E-state index contributed by atoms with van der Waals surface area (Å²) in [5, 5.41) is 4.49. The van der Waals surface area contributed by atoms with Crippen LogP contribution in [0.3, 0.4) is 0 Å². The molecule has 2 aromatic rings. The predicted octanol–water partition coefficient (Wildman–Crippen LogP) is 1.69. The number of nitrogens with zero attached hydrogens (tertiary/aromatic N) is 6. The molecule has 0 atom stereocenters. The van der Waals surface area contributed by atoms with Gasteiger partial charge in [-0.3, -0.25) is 9.59 Å². The van der Waals surface area contributed by atoms with E-state index >= 15 is 0 Å². The van der Waals surface area contributed by atoms with Gasteiger partial charge in [0.2, 0.25) is 5.91 Å². The highest BCUT2D eigenvalue weighted by molar-refractivity contribution is 5.84. The second-order valence-corrected chi connectivity index (χ2v) is 7.70. The molecule has 0 unspecified atom stereocenters. The molecule has 0 aromatic carbocycles. The van der Waals surface area contributed by atoms with E-state index in [-0.39, 0.29) is 17.6 Å². The van der Waals surface area contributed by atoms with E-state index in [4.69, 9.17) is 0 Å². The normalized spacial score (nSPS) is 18.6. The van der Waals surface area contributed by atoms with E-state index in [1.165, 1.54) is 0 Å². The van der Waals surface area contributed by atoms with Crippen molar-refractivity contribution in [2.75, 3.05) is 31.1 Å². The van der Waals surface area contributed by atoms with Crippen molar-refractivity contribution in [1.82, 2.24) is 24.6 Å². The summed E-state index contributed by atoms with van der Waals surface area (Å²) in [4.78, 5) is 37.1. The third-order valence-electron chi connectivity index (χ3n) is 5.67. The number of anilines is 1. The maximum Gasteiger partial charge on any atom is 0.225 e. The first-order valence-corrected chi connectivity index (χ1v) is 9.92. The summed E-state index contributed by atoms with van der Waals surface area (Å²) >= 11 is 0. The van der Waals surface area contributed by atoms with Crippen molar-refractivity contribution < 1.29 is 9.59 Å². The van der Waals surface area contributed by atoms with Crippen LogP contribution in [-0.2, 0) is 9.59 Å². The third kappa shape index (κ3) is 3.76. The molecule has 1 saturated carbocycles. The molecule has 2 aromatic heterocycles. The van der Waals surface area contributed by atoms with Gasteiger partial charge in [0.15, 0.2) is 5.82 Å². The van der Waals surface area contributed by atoms with Gasteiger partial charge in [-0.2, -0.15) is 5.10 Å². The number of carbonyl (C=O) groups is 2. The van der Waals surface area contributed by atoms with Gasteiger partial charge in [-0.1, -0.05) is 0 Å². The fourth-order valence-corrected chi connectivity index (χ4v) is 4.09. The second kappa shape index (κ2) is 7.69. The Kier molecular flexibility index (Phi) is 5.11.